The van der Waals surface area contributed by atoms with Crippen LogP contribution < -0.4 is 14.7 Å². The van der Waals surface area contributed by atoms with Crippen molar-refractivity contribution >= 4 is 34.8 Å². The number of pyridine rings is 1. The molecular weight excluding hydrogens is 497 g/mol. The normalized spacial score (nSPS) is 13.9. The van der Waals surface area contributed by atoms with Gasteiger partial charge in [-0.1, -0.05) is 24.3 Å². The predicted molar refractivity (Wildman–Crippen MR) is 138 cm³/mol. The molecule has 1 aliphatic heterocycles. The molecule has 0 saturated heterocycles. The number of halogens is 3. The van der Waals surface area contributed by atoms with Gasteiger partial charge >= 0.3 is 18.2 Å². The molecule has 0 bridgehead atoms. The number of carbonyl (C=O) groups is 2. The van der Waals surface area contributed by atoms with Crippen molar-refractivity contribution in [1.29, 1.82) is 0 Å². The van der Waals surface area contributed by atoms with Crippen LogP contribution >= 0.6 is 0 Å². The van der Waals surface area contributed by atoms with Gasteiger partial charge in [0.2, 0.25) is 0 Å². The summed E-state index contributed by atoms with van der Waals surface area (Å²) in [6.07, 6.45) is -1.58. The van der Waals surface area contributed by atoms with E-state index in [1.54, 1.807) is 55.6 Å². The van der Waals surface area contributed by atoms with Crippen molar-refractivity contribution in [1.82, 2.24) is 4.98 Å². The molecule has 0 atom stereocenters. The second kappa shape index (κ2) is 9.55. The predicted octanol–water partition coefficient (Wildman–Crippen LogP) is 7.20. The summed E-state index contributed by atoms with van der Waals surface area (Å²) in [6.45, 7) is 1.75. The molecule has 0 spiro atoms. The van der Waals surface area contributed by atoms with E-state index in [0.29, 0.717) is 11.1 Å². The number of para-hydroxylation sites is 1. The number of anilines is 4. The minimum absolute atomic E-state index is 0.0805. The highest BCUT2D eigenvalue weighted by molar-refractivity contribution is 6.28. The fourth-order valence-corrected chi connectivity index (χ4v) is 4.39. The van der Waals surface area contributed by atoms with Gasteiger partial charge in [-0.05, 0) is 61.5 Å². The summed E-state index contributed by atoms with van der Waals surface area (Å²) in [7, 11) is 0. The van der Waals surface area contributed by atoms with Crippen LogP contribution in [0.25, 0.3) is 11.1 Å². The average molecular weight is 518 g/mol. The van der Waals surface area contributed by atoms with Gasteiger partial charge in [-0.15, -0.1) is 0 Å². The smallest absolute Gasteiger partial charge is 0.416 e. The largest absolute Gasteiger partial charge is 0.507 e. The van der Waals surface area contributed by atoms with E-state index < -0.39 is 23.8 Å². The molecule has 0 unspecified atom stereocenters. The molecule has 1 N–H and O–H groups in total. The van der Waals surface area contributed by atoms with Crippen molar-refractivity contribution in [2.24, 2.45) is 0 Å². The maximum atomic E-state index is 14.1. The zero-order valence-electron chi connectivity index (χ0n) is 20.1. The number of phenolic OH excluding ortho intramolecular Hbond substituents is 1. The lowest BCUT2D eigenvalue weighted by molar-refractivity contribution is -0.137. The van der Waals surface area contributed by atoms with Crippen LogP contribution in [-0.4, -0.2) is 28.7 Å². The van der Waals surface area contributed by atoms with Crippen LogP contribution in [0.3, 0.4) is 0 Å². The van der Waals surface area contributed by atoms with E-state index in [1.807, 2.05) is 0 Å². The summed E-state index contributed by atoms with van der Waals surface area (Å²) in [6, 6.07) is 17.1. The molecule has 0 fully saturated rings. The topological polar surface area (TPSA) is 77.0 Å². The summed E-state index contributed by atoms with van der Waals surface area (Å²) < 4.78 is 41.1. The molecule has 0 aliphatic carbocycles. The number of rotatable bonds is 4. The van der Waals surface area contributed by atoms with Gasteiger partial charge in [0.05, 0.1) is 28.3 Å². The van der Waals surface area contributed by atoms with E-state index in [0.717, 1.165) is 21.9 Å². The second-order valence-electron chi connectivity index (χ2n) is 8.46. The quantitative estimate of drug-likeness (QED) is 0.310. The summed E-state index contributed by atoms with van der Waals surface area (Å²) in [5, 5.41) is 10.5. The Bertz CT molecular complexity index is 1510. The van der Waals surface area contributed by atoms with Gasteiger partial charge in [-0.25, -0.2) is 14.5 Å². The van der Waals surface area contributed by atoms with Crippen LogP contribution in [0.1, 0.15) is 12.5 Å². The number of alkyl halides is 3. The number of benzene rings is 3. The van der Waals surface area contributed by atoms with Crippen molar-refractivity contribution in [3.63, 3.8) is 0 Å². The summed E-state index contributed by atoms with van der Waals surface area (Å²) in [5.41, 5.74) is 0.389. The van der Waals surface area contributed by atoms with Crippen LogP contribution in [0, 0.1) is 0 Å². The van der Waals surface area contributed by atoms with Gasteiger partial charge in [0.1, 0.15) is 5.75 Å². The van der Waals surface area contributed by atoms with Gasteiger partial charge in [0, 0.05) is 30.1 Å². The third kappa shape index (κ3) is 4.30. The molecule has 1 aliphatic rings. The van der Waals surface area contributed by atoms with Gasteiger partial charge in [0.15, 0.2) is 0 Å². The van der Waals surface area contributed by atoms with Gasteiger partial charge in [0.25, 0.3) is 0 Å². The Hall–Kier alpha value is -4.86. The number of hydrogen-bond acceptors (Lipinski definition) is 4. The number of phenols is 1. The average Bonchev–Trinajstić information content (AvgIpc) is 3.00. The number of carbonyl (C=O) groups excluding carboxylic acids is 2. The molecule has 1 aromatic heterocycles. The van der Waals surface area contributed by atoms with Crippen LogP contribution in [0.4, 0.5) is 45.5 Å². The Morgan fingerprint density at radius 3 is 2.24 bits per heavy atom. The first kappa shape index (κ1) is 24.8. The molecule has 2 heterocycles. The van der Waals surface area contributed by atoms with E-state index in [-0.39, 0.29) is 35.0 Å². The highest BCUT2D eigenvalue weighted by atomic mass is 19.4. The van der Waals surface area contributed by atoms with Crippen molar-refractivity contribution < 1.29 is 27.9 Å². The Morgan fingerprint density at radius 2 is 1.58 bits per heavy atom. The minimum atomic E-state index is -4.66. The highest BCUT2D eigenvalue weighted by Crippen LogP contribution is 2.44. The van der Waals surface area contributed by atoms with Crippen LogP contribution in [0.5, 0.6) is 5.75 Å². The van der Waals surface area contributed by atoms with Crippen molar-refractivity contribution in [2.45, 2.75) is 13.1 Å². The third-order valence-electron chi connectivity index (χ3n) is 6.18. The zero-order chi connectivity index (χ0) is 27.0. The molecule has 4 amide bonds. The molecular formula is C28H21F3N4O3. The number of amides is 4. The number of nitrogens with zero attached hydrogens (tertiary/aromatic N) is 4. The van der Waals surface area contributed by atoms with E-state index in [2.05, 4.69) is 4.98 Å². The first-order chi connectivity index (χ1) is 18.2. The third-order valence-corrected chi connectivity index (χ3v) is 6.18. The van der Waals surface area contributed by atoms with Crippen molar-refractivity contribution in [2.75, 3.05) is 21.2 Å². The molecule has 4 aromatic rings. The summed E-state index contributed by atoms with van der Waals surface area (Å²) in [5.74, 6) is -0.0955. The fraction of sp³-hybridized carbons (Fsp3) is 0.107. The SMILES string of the molecule is CCN1C(=O)N(c2ccc(O)c(-c3cccnc3)c2)C(=O)N(c2ccccc2)c2cc(C(F)(F)F)ccc21. The molecule has 0 saturated carbocycles. The second-order valence-corrected chi connectivity index (χ2v) is 8.46. The van der Waals surface area contributed by atoms with Gasteiger partial charge in [-0.3, -0.25) is 14.8 Å². The number of urea groups is 2. The Balaban J connectivity index is 1.74. The van der Waals surface area contributed by atoms with E-state index in [9.17, 15) is 27.9 Å². The number of fused-ring (bicyclic) bond motifs is 1. The maximum Gasteiger partial charge on any atom is 0.416 e. The van der Waals surface area contributed by atoms with Crippen molar-refractivity contribution in [3.8, 4) is 16.9 Å². The molecule has 10 heteroatoms. The first-order valence-corrected chi connectivity index (χ1v) is 11.7. The maximum absolute atomic E-state index is 14.1. The Morgan fingerprint density at radius 1 is 0.816 bits per heavy atom. The van der Waals surface area contributed by atoms with E-state index in [4.69, 9.17) is 0 Å². The Labute approximate surface area is 216 Å². The summed E-state index contributed by atoms with van der Waals surface area (Å²) >= 11 is 0. The lowest BCUT2D eigenvalue weighted by atomic mass is 10.1. The molecule has 192 valence electrons. The lowest BCUT2D eigenvalue weighted by Gasteiger charge is -2.27. The molecule has 38 heavy (non-hydrogen) atoms. The van der Waals surface area contributed by atoms with Crippen molar-refractivity contribution in [3.05, 3.63) is 96.8 Å². The number of aromatic nitrogens is 1. The van der Waals surface area contributed by atoms with Crippen LogP contribution in [0.2, 0.25) is 0 Å². The number of hydrogen-bond donors (Lipinski definition) is 1. The molecule has 7 nitrogen and oxygen atoms in total. The molecule has 3 aromatic carbocycles. The van der Waals surface area contributed by atoms with Crippen LogP contribution in [0.15, 0.2) is 91.3 Å². The van der Waals surface area contributed by atoms with Crippen LogP contribution in [-0.2, 0) is 6.18 Å². The monoisotopic (exact) mass is 518 g/mol. The Kier molecular flexibility index (Phi) is 6.23. The minimum Gasteiger partial charge on any atom is -0.507 e. The van der Waals surface area contributed by atoms with Gasteiger partial charge < -0.3 is 5.11 Å². The highest BCUT2D eigenvalue weighted by Gasteiger charge is 2.41. The molecule has 0 radical (unpaired) electrons. The first-order valence-electron chi connectivity index (χ1n) is 11.7. The fourth-order valence-electron chi connectivity index (χ4n) is 4.39. The van der Waals surface area contributed by atoms with Gasteiger partial charge in [-0.2, -0.15) is 13.2 Å². The standard InChI is InChI=1S/C28H21F3N4O3/c1-2-33-23-12-10-19(28(29,30)31)15-24(23)34(20-8-4-3-5-9-20)27(38)35(26(33)37)21-11-13-25(36)22(16-21)18-7-6-14-32-17-18/h3-17,36H,2H2,1H3. The van der Waals surface area contributed by atoms with E-state index >= 15 is 0 Å². The number of aromatic hydroxyl groups is 1. The van der Waals surface area contributed by atoms with E-state index in [1.165, 1.54) is 35.4 Å². The molecule has 5 rings (SSSR count). The number of imide groups is 1. The lowest BCUT2D eigenvalue weighted by Crippen LogP contribution is -2.48. The zero-order valence-corrected chi connectivity index (χ0v) is 20.1. The summed E-state index contributed by atoms with van der Waals surface area (Å²) in [4.78, 5) is 35.3.